The summed E-state index contributed by atoms with van der Waals surface area (Å²) in [6, 6.07) is 1.88. The Hall–Kier alpha value is -2.77. The van der Waals surface area contributed by atoms with E-state index in [9.17, 15) is 17.2 Å². The summed E-state index contributed by atoms with van der Waals surface area (Å²) in [5, 5.41) is -0.156. The quantitative estimate of drug-likeness (QED) is 0.563. The van der Waals surface area contributed by atoms with Crippen LogP contribution in [0.15, 0.2) is 29.6 Å². The summed E-state index contributed by atoms with van der Waals surface area (Å²) in [4.78, 5) is 14.1. The third-order valence-electron chi connectivity index (χ3n) is 6.22. The number of nitrogens with zero attached hydrogens (tertiary/aromatic N) is 6. The first-order chi connectivity index (χ1) is 15.6. The van der Waals surface area contributed by atoms with E-state index in [0.717, 1.165) is 16.4 Å². The van der Waals surface area contributed by atoms with Crippen LogP contribution in [0, 0.1) is 18.6 Å². The molecule has 2 aliphatic heterocycles. The number of aromatic nitrogens is 4. The Bertz CT molecular complexity index is 1330. The molecule has 0 unspecified atom stereocenters. The van der Waals surface area contributed by atoms with Gasteiger partial charge in [-0.15, -0.1) is 0 Å². The first kappa shape index (κ1) is 22.0. The minimum Gasteiger partial charge on any atom is -0.355 e. The zero-order chi connectivity index (χ0) is 23.5. The summed E-state index contributed by atoms with van der Waals surface area (Å²) >= 11 is 0. The molecule has 4 heterocycles. The monoisotopic (exact) mass is 482 g/mol. The van der Waals surface area contributed by atoms with Gasteiger partial charge in [-0.3, -0.25) is 4.98 Å². The highest BCUT2D eigenvalue weighted by molar-refractivity contribution is 7.89. The maximum Gasteiger partial charge on any atom is 0.264 e. The Kier molecular flexibility index (Phi) is 5.10. The third kappa shape index (κ3) is 3.45. The van der Waals surface area contributed by atoms with Crippen LogP contribution in [0.2, 0.25) is 0 Å². The van der Waals surface area contributed by atoms with E-state index in [4.69, 9.17) is 4.74 Å². The number of fused-ring (bicyclic) bond motifs is 1. The van der Waals surface area contributed by atoms with Crippen LogP contribution in [-0.2, 0) is 21.8 Å². The van der Waals surface area contributed by atoms with Crippen LogP contribution in [0.4, 0.5) is 19.0 Å². The zero-order valence-electron chi connectivity index (χ0n) is 17.9. The minimum absolute atomic E-state index is 0.0129. The number of alkyl halides is 1. The summed E-state index contributed by atoms with van der Waals surface area (Å²) in [6.07, 6.45) is 1.09. The lowest BCUT2D eigenvalue weighted by molar-refractivity contribution is -0.116. The molecule has 0 bridgehead atoms. The lowest BCUT2D eigenvalue weighted by Gasteiger charge is -2.45. The minimum atomic E-state index is -4.09. The second-order valence-corrected chi connectivity index (χ2v) is 9.96. The summed E-state index contributed by atoms with van der Waals surface area (Å²) < 4.78 is 77.6. The average Bonchev–Trinajstić information content (AvgIpc) is 3.36. The van der Waals surface area contributed by atoms with Gasteiger partial charge in [0.1, 0.15) is 11.6 Å². The molecule has 0 radical (unpaired) electrons. The van der Waals surface area contributed by atoms with Crippen LogP contribution in [0.5, 0.6) is 0 Å². The van der Waals surface area contributed by atoms with Crippen molar-refractivity contribution in [3.63, 3.8) is 0 Å². The molecular weight excluding hydrogens is 461 g/mol. The first-order valence-electron chi connectivity index (χ1n) is 10.3. The highest BCUT2D eigenvalue weighted by Gasteiger charge is 2.57. The van der Waals surface area contributed by atoms with Crippen molar-refractivity contribution in [2.75, 3.05) is 31.1 Å². The molecule has 2 fully saturated rings. The molecule has 2 aromatic heterocycles. The molecular formula is C20H21F3N6O3S. The highest BCUT2D eigenvalue weighted by atomic mass is 32.2. The second kappa shape index (κ2) is 7.64. The summed E-state index contributed by atoms with van der Waals surface area (Å²) in [5.41, 5.74) is -1.35. The smallest absolute Gasteiger partial charge is 0.264 e. The van der Waals surface area contributed by atoms with E-state index in [0.29, 0.717) is 5.82 Å². The normalized spacial score (nSPS) is 24.3. The molecule has 2 saturated heterocycles. The Morgan fingerprint density at radius 3 is 2.55 bits per heavy atom. The number of imidazole rings is 1. The number of piperidine rings is 1. The number of benzene rings is 1. The Balaban J connectivity index is 1.42. The number of anilines is 1. The van der Waals surface area contributed by atoms with Gasteiger partial charge in [-0.1, -0.05) is 0 Å². The fourth-order valence-electron chi connectivity index (χ4n) is 4.34. The van der Waals surface area contributed by atoms with Gasteiger partial charge in [0.15, 0.2) is 28.6 Å². The average molecular weight is 482 g/mol. The van der Waals surface area contributed by atoms with E-state index in [2.05, 4.69) is 15.0 Å². The molecule has 2 atom stereocenters. The van der Waals surface area contributed by atoms with Crippen LogP contribution in [-0.4, -0.2) is 70.4 Å². The zero-order valence-corrected chi connectivity index (χ0v) is 18.7. The van der Waals surface area contributed by atoms with E-state index < -0.39 is 33.6 Å². The van der Waals surface area contributed by atoms with E-state index >= 15 is 4.39 Å². The van der Waals surface area contributed by atoms with Crippen molar-refractivity contribution in [3.8, 4) is 0 Å². The molecule has 1 aromatic carbocycles. The van der Waals surface area contributed by atoms with Gasteiger partial charge in [-0.25, -0.2) is 31.6 Å². The molecule has 0 amide bonds. The molecule has 0 aliphatic carbocycles. The fourth-order valence-corrected chi connectivity index (χ4v) is 6.08. The third-order valence-corrected chi connectivity index (χ3v) is 8.01. The first-order valence-corrected chi connectivity index (χ1v) is 11.7. The Morgan fingerprint density at radius 2 is 1.88 bits per heavy atom. The number of halogens is 3. The molecule has 13 heteroatoms. The van der Waals surface area contributed by atoms with Crippen molar-refractivity contribution >= 4 is 26.9 Å². The molecule has 9 nitrogen and oxygen atoms in total. The van der Waals surface area contributed by atoms with Crippen molar-refractivity contribution < 1.29 is 26.3 Å². The predicted molar refractivity (Wildman–Crippen MR) is 112 cm³/mol. The largest absolute Gasteiger partial charge is 0.355 e. The van der Waals surface area contributed by atoms with E-state index in [1.165, 1.54) is 12.4 Å². The van der Waals surface area contributed by atoms with E-state index in [1.807, 2.05) is 0 Å². The number of sulfonamides is 1. The van der Waals surface area contributed by atoms with Crippen LogP contribution in [0.1, 0.15) is 12.2 Å². The van der Waals surface area contributed by atoms with Gasteiger partial charge in [-0.2, -0.15) is 4.31 Å². The number of hydrogen-bond donors (Lipinski definition) is 0. The maximum atomic E-state index is 15.6. The topological polar surface area (TPSA) is 93.4 Å². The van der Waals surface area contributed by atoms with Gasteiger partial charge in [0.25, 0.3) is 10.0 Å². The van der Waals surface area contributed by atoms with Gasteiger partial charge in [0.05, 0.1) is 30.4 Å². The summed E-state index contributed by atoms with van der Waals surface area (Å²) in [7, 11) is -2.41. The molecule has 2 aliphatic rings. The van der Waals surface area contributed by atoms with Gasteiger partial charge >= 0.3 is 0 Å². The highest BCUT2D eigenvalue weighted by Crippen LogP contribution is 2.40. The fraction of sp³-hybridized carbons (Fsp3) is 0.450. The number of aryl methyl sites for hydroxylation is 2. The van der Waals surface area contributed by atoms with Crippen LogP contribution in [0.3, 0.4) is 0 Å². The molecule has 33 heavy (non-hydrogen) atoms. The number of ether oxygens (including phenoxy) is 1. The molecule has 0 saturated carbocycles. The van der Waals surface area contributed by atoms with Crippen molar-refractivity contribution in [1.82, 2.24) is 23.8 Å². The molecule has 176 valence electrons. The van der Waals surface area contributed by atoms with Crippen molar-refractivity contribution in [2.45, 2.75) is 30.3 Å². The van der Waals surface area contributed by atoms with Crippen LogP contribution >= 0.6 is 0 Å². The lowest BCUT2D eigenvalue weighted by atomic mass is 9.98. The van der Waals surface area contributed by atoms with Crippen molar-refractivity contribution in [3.05, 3.63) is 42.0 Å². The standard InChI is InChI=1S/C20H21F3N6O3S/c1-12-25-19(11-27(12)2)33(30,31)29-5-6-32-20(29)3-4-28(10-17(20)23)18-9-24-15-7-13(21)14(22)8-16(15)26-18/h7-9,11,17H,3-6,10H2,1-2H3/t17-,20-/m0/s1. The Morgan fingerprint density at radius 1 is 1.15 bits per heavy atom. The van der Waals surface area contributed by atoms with Gasteiger partial charge < -0.3 is 14.2 Å². The lowest BCUT2D eigenvalue weighted by Crippen LogP contribution is -2.62. The second-order valence-electron chi connectivity index (χ2n) is 8.15. The summed E-state index contributed by atoms with van der Waals surface area (Å²) in [5.74, 6) is -1.30. The van der Waals surface area contributed by atoms with Gasteiger partial charge in [-0.05, 0) is 6.92 Å². The Labute approximate surface area is 187 Å². The van der Waals surface area contributed by atoms with Crippen molar-refractivity contribution in [2.24, 2.45) is 7.05 Å². The molecule has 1 spiro atoms. The summed E-state index contributed by atoms with van der Waals surface area (Å²) in [6.45, 7) is 1.76. The van der Waals surface area contributed by atoms with Crippen molar-refractivity contribution in [1.29, 1.82) is 0 Å². The van der Waals surface area contributed by atoms with E-state index in [-0.39, 0.29) is 54.5 Å². The maximum absolute atomic E-state index is 15.6. The molecule has 3 aromatic rings. The van der Waals surface area contributed by atoms with E-state index in [1.54, 1.807) is 23.4 Å². The number of rotatable bonds is 3. The SMILES string of the molecule is Cc1nc(S(=O)(=O)N2CCO[C@]23CCN(c2cnc4cc(F)c(F)cc4n2)C[C@@H]3F)cn1C. The number of hydrogen-bond acceptors (Lipinski definition) is 7. The predicted octanol–water partition coefficient (Wildman–Crippen LogP) is 1.92. The molecule has 0 N–H and O–H groups in total. The van der Waals surface area contributed by atoms with Gasteiger partial charge in [0, 0.05) is 44.9 Å². The molecule has 5 rings (SSSR count). The van der Waals surface area contributed by atoms with Gasteiger partial charge in [0.2, 0.25) is 0 Å². The van der Waals surface area contributed by atoms with Crippen LogP contribution < -0.4 is 4.90 Å². The van der Waals surface area contributed by atoms with Crippen LogP contribution in [0.25, 0.3) is 11.0 Å².